The first kappa shape index (κ1) is 18.0. The van der Waals surface area contributed by atoms with E-state index in [0.717, 1.165) is 6.07 Å². The monoisotopic (exact) mass is 282 g/mol. The van der Waals surface area contributed by atoms with Crippen LogP contribution in [0.2, 0.25) is 0 Å². The maximum atomic E-state index is 12.8. The number of hydrogen-bond acceptors (Lipinski definition) is 2. The third kappa shape index (κ3) is 3.74. The first-order valence-corrected chi connectivity index (χ1v) is 4.91. The van der Waals surface area contributed by atoms with Crippen LogP contribution in [0.4, 0.5) is 18.6 Å². The molecule has 0 aliphatic carbocycles. The van der Waals surface area contributed by atoms with Crippen molar-refractivity contribution in [3.8, 4) is 0 Å². The van der Waals surface area contributed by atoms with E-state index in [1.807, 2.05) is 0 Å². The number of halogens is 3. The summed E-state index contributed by atoms with van der Waals surface area (Å²) < 4.78 is 38.4. The van der Waals surface area contributed by atoms with Gasteiger partial charge in [-0.25, -0.2) is 0 Å². The molecule has 0 aliphatic heterocycles. The molecule has 0 aliphatic rings. The van der Waals surface area contributed by atoms with Crippen molar-refractivity contribution >= 4 is 18.1 Å². The van der Waals surface area contributed by atoms with Crippen molar-refractivity contribution in [1.29, 1.82) is 0 Å². The predicted octanol–water partition coefficient (Wildman–Crippen LogP) is -0.238. The Morgan fingerprint density at radius 3 is 2.28 bits per heavy atom. The molecule has 9 heteroatoms. The Morgan fingerprint density at radius 2 is 1.89 bits per heavy atom. The van der Waals surface area contributed by atoms with Gasteiger partial charge in [0.25, 0.3) is 0 Å². The molecule has 0 atom stereocenters. The van der Waals surface area contributed by atoms with Gasteiger partial charge < -0.3 is 18.7 Å². The molecule has 0 saturated carbocycles. The van der Waals surface area contributed by atoms with Crippen molar-refractivity contribution in [3.05, 3.63) is 33.2 Å². The van der Waals surface area contributed by atoms with Crippen molar-refractivity contribution in [2.24, 2.45) is 10.8 Å². The minimum Gasteiger partial charge on any atom is -0.445 e. The molecule has 0 unspecified atom stereocenters. The second kappa shape index (κ2) is 6.95. The van der Waals surface area contributed by atoms with Crippen LogP contribution in [0.25, 0.3) is 10.4 Å². The van der Waals surface area contributed by atoms with E-state index < -0.39 is 12.4 Å². The fourth-order valence-corrected chi connectivity index (χ4v) is 1.72. The molecule has 0 heterocycles. The summed E-state index contributed by atoms with van der Waals surface area (Å²) >= 11 is 0. The zero-order valence-electron chi connectivity index (χ0n) is 10.4. The van der Waals surface area contributed by atoms with Gasteiger partial charge in [0.15, 0.2) is 0 Å². The molecule has 4 nitrogen and oxygen atoms in total. The summed E-state index contributed by atoms with van der Waals surface area (Å²) in [5.41, 5.74) is 13.8. The summed E-state index contributed by atoms with van der Waals surface area (Å²) in [6, 6.07) is 1.03. The minimum absolute atomic E-state index is 0. The molecule has 0 bridgehead atoms. The molecular weight excluding hydrogens is 271 g/mol. The topological polar surface area (TPSA) is 74.8 Å². The molecule has 0 radical (unpaired) electrons. The number of nitrogens with zero attached hydrogens (tertiary/aromatic N) is 3. The first-order chi connectivity index (χ1) is 7.82. The fourth-order valence-electron chi connectivity index (χ4n) is 1.72. The van der Waals surface area contributed by atoms with E-state index in [1.54, 1.807) is 6.92 Å². The Labute approximate surface area is 145 Å². The SMILES string of the molecule is Cc1c(CN)cc([B-](F)(F)F)c(C)c1N=[N+]=[N-].[K+]. The summed E-state index contributed by atoms with van der Waals surface area (Å²) in [5.74, 6) is 0. The predicted molar refractivity (Wildman–Crippen MR) is 61.3 cm³/mol. The molecule has 0 fully saturated rings. The third-order valence-electron chi connectivity index (χ3n) is 2.67. The summed E-state index contributed by atoms with van der Waals surface area (Å²) in [5, 5.41) is 3.32. The molecule has 0 aromatic heterocycles. The van der Waals surface area contributed by atoms with Gasteiger partial charge in [0.1, 0.15) is 0 Å². The van der Waals surface area contributed by atoms with Gasteiger partial charge in [-0.15, -0.1) is 5.46 Å². The van der Waals surface area contributed by atoms with Gasteiger partial charge in [-0.2, -0.15) is 0 Å². The van der Waals surface area contributed by atoms with Crippen LogP contribution in [0.5, 0.6) is 0 Å². The van der Waals surface area contributed by atoms with Crippen LogP contribution in [0.1, 0.15) is 16.7 Å². The maximum absolute atomic E-state index is 12.8. The summed E-state index contributed by atoms with van der Waals surface area (Å²) in [7, 11) is 0. The van der Waals surface area contributed by atoms with Gasteiger partial charge in [0, 0.05) is 17.1 Å². The summed E-state index contributed by atoms with van der Waals surface area (Å²) in [6.45, 7) is -2.29. The van der Waals surface area contributed by atoms with Crippen molar-refractivity contribution in [3.63, 3.8) is 0 Å². The third-order valence-corrected chi connectivity index (χ3v) is 2.67. The van der Waals surface area contributed by atoms with E-state index in [2.05, 4.69) is 10.0 Å². The molecule has 92 valence electrons. The van der Waals surface area contributed by atoms with Gasteiger partial charge in [0.05, 0.1) is 0 Å². The van der Waals surface area contributed by atoms with Gasteiger partial charge in [0.2, 0.25) is 0 Å². The number of hydrogen-bond donors (Lipinski definition) is 1. The molecule has 0 saturated heterocycles. The van der Waals surface area contributed by atoms with Gasteiger partial charge in [-0.3, -0.25) is 0 Å². The smallest absolute Gasteiger partial charge is 0.445 e. The summed E-state index contributed by atoms with van der Waals surface area (Å²) in [4.78, 5) is 2.55. The zero-order valence-corrected chi connectivity index (χ0v) is 13.5. The first-order valence-electron chi connectivity index (χ1n) is 4.91. The summed E-state index contributed by atoms with van der Waals surface area (Å²) in [6.07, 6.45) is 0. The largest absolute Gasteiger partial charge is 1.00 e. The standard InChI is InChI=1S/C9H11BF3N4.K/c1-5-7(4-14)3-8(10(11,12)13)6(2)9(5)16-17-15;/h3H,4,14H2,1-2H3;/q-1;+1. The average Bonchev–Trinajstić information content (AvgIpc) is 2.22. The van der Waals surface area contributed by atoms with E-state index in [0.29, 0.717) is 11.1 Å². The Morgan fingerprint density at radius 1 is 1.33 bits per heavy atom. The van der Waals surface area contributed by atoms with Crippen LogP contribution >= 0.6 is 0 Å². The Hall–Kier alpha value is -0.0187. The fraction of sp³-hybridized carbons (Fsp3) is 0.333. The van der Waals surface area contributed by atoms with Gasteiger partial charge in [-0.05, 0) is 30.5 Å². The normalized spacial score (nSPS) is 10.6. The van der Waals surface area contributed by atoms with E-state index in [9.17, 15) is 12.9 Å². The van der Waals surface area contributed by atoms with Crippen molar-refractivity contribution < 1.29 is 64.3 Å². The van der Waals surface area contributed by atoms with E-state index in [4.69, 9.17) is 11.3 Å². The minimum atomic E-state index is -5.14. The Kier molecular flexibility index (Phi) is 6.94. The van der Waals surface area contributed by atoms with E-state index in [1.165, 1.54) is 6.92 Å². The molecule has 1 aromatic rings. The number of azide groups is 1. The molecule has 1 aromatic carbocycles. The zero-order chi connectivity index (χ0) is 13.2. The second-order valence-electron chi connectivity index (χ2n) is 3.69. The van der Waals surface area contributed by atoms with Crippen LogP contribution < -0.4 is 62.6 Å². The number of nitrogens with two attached hydrogens (primary N) is 1. The molecule has 2 N–H and O–H groups in total. The van der Waals surface area contributed by atoms with Crippen LogP contribution in [0, 0.1) is 13.8 Å². The Balaban J connectivity index is 0.00000289. The molecule has 0 spiro atoms. The van der Waals surface area contributed by atoms with Crippen LogP contribution in [-0.2, 0) is 6.54 Å². The van der Waals surface area contributed by atoms with E-state index >= 15 is 0 Å². The van der Waals surface area contributed by atoms with Crippen LogP contribution in [0.3, 0.4) is 0 Å². The molecule has 0 amide bonds. The molecular formula is C9H11BF3KN4. The maximum Gasteiger partial charge on any atom is 1.00 e. The second-order valence-corrected chi connectivity index (χ2v) is 3.69. The quantitative estimate of drug-likeness (QED) is 0.353. The van der Waals surface area contributed by atoms with Gasteiger partial charge >= 0.3 is 58.4 Å². The number of rotatable bonds is 3. The van der Waals surface area contributed by atoms with Crippen molar-refractivity contribution in [2.45, 2.75) is 20.4 Å². The molecule has 1 rings (SSSR count). The van der Waals surface area contributed by atoms with Crippen LogP contribution in [-0.4, -0.2) is 6.98 Å². The van der Waals surface area contributed by atoms with Crippen molar-refractivity contribution in [1.82, 2.24) is 0 Å². The van der Waals surface area contributed by atoms with E-state index in [-0.39, 0.29) is 69.2 Å². The Bertz CT molecular complexity index is 498. The number of benzene rings is 1. The van der Waals surface area contributed by atoms with Gasteiger partial charge in [-0.1, -0.05) is 16.7 Å². The van der Waals surface area contributed by atoms with Crippen molar-refractivity contribution in [2.75, 3.05) is 0 Å². The average molecular weight is 282 g/mol. The van der Waals surface area contributed by atoms with Crippen LogP contribution in [0.15, 0.2) is 11.2 Å². The molecule has 18 heavy (non-hydrogen) atoms.